The molecule has 3 heterocycles. The van der Waals surface area contributed by atoms with Gasteiger partial charge in [0.05, 0.1) is 16.3 Å². The lowest BCUT2D eigenvalue weighted by molar-refractivity contribution is -0.386. The number of fused-ring (bicyclic) bond motifs is 1. The van der Waals surface area contributed by atoms with E-state index in [2.05, 4.69) is 9.97 Å². The molecule has 24 heavy (non-hydrogen) atoms. The van der Waals surface area contributed by atoms with Crippen LogP contribution in [0.15, 0.2) is 35.3 Å². The summed E-state index contributed by atoms with van der Waals surface area (Å²) in [7, 11) is 0. The SMILES string of the molecule is CCc1ccc2c(Cl)c([N+](=O)[O-])c(=O)n(-c3cccnc3C)c2n1. The van der Waals surface area contributed by atoms with Crippen molar-refractivity contribution in [3.63, 3.8) is 0 Å². The average Bonchev–Trinajstić information content (AvgIpc) is 2.55. The van der Waals surface area contributed by atoms with Crippen LogP contribution in [0.4, 0.5) is 5.69 Å². The molecule has 0 aromatic carbocycles. The van der Waals surface area contributed by atoms with E-state index < -0.39 is 16.2 Å². The summed E-state index contributed by atoms with van der Waals surface area (Å²) in [5.74, 6) is 0. The van der Waals surface area contributed by atoms with Crippen LogP contribution in [0.5, 0.6) is 0 Å². The molecule has 0 bridgehead atoms. The topological polar surface area (TPSA) is 90.9 Å². The molecule has 0 atom stereocenters. The highest BCUT2D eigenvalue weighted by Crippen LogP contribution is 2.30. The van der Waals surface area contributed by atoms with Gasteiger partial charge >= 0.3 is 11.2 Å². The maximum absolute atomic E-state index is 12.8. The summed E-state index contributed by atoms with van der Waals surface area (Å²) >= 11 is 6.13. The minimum atomic E-state index is -0.825. The Hall–Kier alpha value is -2.80. The normalized spacial score (nSPS) is 11.0. The number of nitrogens with zero attached hydrogens (tertiary/aromatic N) is 4. The van der Waals surface area contributed by atoms with Crippen LogP contribution in [0.25, 0.3) is 16.7 Å². The molecule has 3 aromatic heterocycles. The number of aryl methyl sites for hydroxylation is 2. The summed E-state index contributed by atoms with van der Waals surface area (Å²) in [5.41, 5.74) is 0.537. The van der Waals surface area contributed by atoms with Crippen LogP contribution in [0.1, 0.15) is 18.3 Å². The van der Waals surface area contributed by atoms with Crippen LogP contribution in [0.3, 0.4) is 0 Å². The van der Waals surface area contributed by atoms with Crippen molar-refractivity contribution >= 4 is 28.3 Å². The van der Waals surface area contributed by atoms with E-state index in [1.165, 1.54) is 4.57 Å². The first-order valence-electron chi connectivity index (χ1n) is 7.26. The molecule has 0 aliphatic rings. The first-order chi connectivity index (χ1) is 11.5. The summed E-state index contributed by atoms with van der Waals surface area (Å²) in [4.78, 5) is 32.0. The molecule has 122 valence electrons. The third-order valence-electron chi connectivity index (χ3n) is 3.76. The summed E-state index contributed by atoms with van der Waals surface area (Å²) < 4.78 is 1.21. The zero-order valence-electron chi connectivity index (χ0n) is 13.0. The number of hydrogen-bond acceptors (Lipinski definition) is 5. The molecular weight excluding hydrogens is 332 g/mol. The second-order valence-corrected chi connectivity index (χ2v) is 5.57. The van der Waals surface area contributed by atoms with Crippen molar-refractivity contribution in [3.05, 3.63) is 67.3 Å². The van der Waals surface area contributed by atoms with Crippen LogP contribution in [-0.2, 0) is 6.42 Å². The van der Waals surface area contributed by atoms with Crippen LogP contribution < -0.4 is 5.56 Å². The highest BCUT2D eigenvalue weighted by Gasteiger charge is 2.26. The summed E-state index contributed by atoms with van der Waals surface area (Å²) in [5, 5.41) is 11.5. The fourth-order valence-corrected chi connectivity index (χ4v) is 2.84. The first-order valence-corrected chi connectivity index (χ1v) is 7.64. The van der Waals surface area contributed by atoms with Gasteiger partial charge in [0.25, 0.3) is 0 Å². The van der Waals surface area contributed by atoms with Crippen molar-refractivity contribution in [1.29, 1.82) is 0 Å². The molecule has 0 aliphatic heterocycles. The van der Waals surface area contributed by atoms with Gasteiger partial charge in [0.1, 0.15) is 10.7 Å². The van der Waals surface area contributed by atoms with Gasteiger partial charge in [-0.05, 0) is 37.6 Å². The van der Waals surface area contributed by atoms with E-state index in [0.29, 0.717) is 23.2 Å². The molecule has 0 fully saturated rings. The second-order valence-electron chi connectivity index (χ2n) is 5.20. The third kappa shape index (κ3) is 2.43. The molecule has 0 N–H and O–H groups in total. The van der Waals surface area contributed by atoms with Gasteiger partial charge in [-0.2, -0.15) is 0 Å². The van der Waals surface area contributed by atoms with Gasteiger partial charge in [-0.25, -0.2) is 4.98 Å². The lowest BCUT2D eigenvalue weighted by atomic mass is 10.2. The molecular formula is C16H13ClN4O3. The van der Waals surface area contributed by atoms with Crippen molar-refractivity contribution in [2.45, 2.75) is 20.3 Å². The number of pyridine rings is 3. The van der Waals surface area contributed by atoms with Gasteiger partial charge in [-0.3, -0.25) is 24.5 Å². The Morgan fingerprint density at radius 3 is 2.71 bits per heavy atom. The molecule has 0 radical (unpaired) electrons. The van der Waals surface area contributed by atoms with Crippen molar-refractivity contribution < 1.29 is 4.92 Å². The Bertz CT molecular complexity index is 1030. The largest absolute Gasteiger partial charge is 0.353 e. The number of halogens is 1. The summed E-state index contributed by atoms with van der Waals surface area (Å²) in [6.07, 6.45) is 2.24. The Morgan fingerprint density at radius 2 is 2.08 bits per heavy atom. The monoisotopic (exact) mass is 344 g/mol. The molecule has 0 aliphatic carbocycles. The molecule has 0 saturated carbocycles. The maximum Gasteiger partial charge on any atom is 0.353 e. The van der Waals surface area contributed by atoms with E-state index in [1.54, 1.807) is 37.4 Å². The Morgan fingerprint density at radius 1 is 1.33 bits per heavy atom. The molecule has 0 amide bonds. The van der Waals surface area contributed by atoms with E-state index in [-0.39, 0.29) is 10.7 Å². The lowest BCUT2D eigenvalue weighted by Gasteiger charge is -2.13. The molecule has 3 rings (SSSR count). The van der Waals surface area contributed by atoms with Crippen molar-refractivity contribution in [1.82, 2.24) is 14.5 Å². The van der Waals surface area contributed by atoms with Gasteiger partial charge in [0.2, 0.25) is 0 Å². The molecule has 0 saturated heterocycles. The fraction of sp³-hybridized carbons (Fsp3) is 0.188. The van der Waals surface area contributed by atoms with Crippen molar-refractivity contribution in [2.24, 2.45) is 0 Å². The minimum Gasteiger partial charge on any atom is -0.261 e. The highest BCUT2D eigenvalue weighted by molar-refractivity contribution is 6.37. The predicted molar refractivity (Wildman–Crippen MR) is 90.9 cm³/mol. The van der Waals surface area contributed by atoms with E-state index in [9.17, 15) is 14.9 Å². The molecule has 0 spiro atoms. The van der Waals surface area contributed by atoms with Crippen LogP contribution >= 0.6 is 11.6 Å². The lowest BCUT2D eigenvalue weighted by Crippen LogP contribution is -2.24. The van der Waals surface area contributed by atoms with Gasteiger partial charge in [-0.15, -0.1) is 0 Å². The molecule has 8 heteroatoms. The van der Waals surface area contributed by atoms with Gasteiger partial charge in [0.15, 0.2) is 0 Å². The zero-order chi connectivity index (χ0) is 17.4. The highest BCUT2D eigenvalue weighted by atomic mass is 35.5. The van der Waals surface area contributed by atoms with Gasteiger partial charge in [-0.1, -0.05) is 18.5 Å². The van der Waals surface area contributed by atoms with Crippen LogP contribution in [0.2, 0.25) is 5.02 Å². The molecule has 0 unspecified atom stereocenters. The molecule has 7 nitrogen and oxygen atoms in total. The van der Waals surface area contributed by atoms with Gasteiger partial charge < -0.3 is 0 Å². The number of rotatable bonds is 3. The summed E-state index contributed by atoms with van der Waals surface area (Å²) in [6.45, 7) is 3.65. The van der Waals surface area contributed by atoms with Crippen molar-refractivity contribution in [2.75, 3.05) is 0 Å². The van der Waals surface area contributed by atoms with Crippen molar-refractivity contribution in [3.8, 4) is 5.69 Å². The second kappa shape index (κ2) is 6.01. The number of nitro groups is 1. The smallest absolute Gasteiger partial charge is 0.261 e. The number of aromatic nitrogens is 3. The fourth-order valence-electron chi connectivity index (χ4n) is 2.54. The van der Waals surface area contributed by atoms with E-state index in [4.69, 9.17) is 11.6 Å². The van der Waals surface area contributed by atoms with E-state index >= 15 is 0 Å². The van der Waals surface area contributed by atoms with Crippen LogP contribution in [0, 0.1) is 17.0 Å². The van der Waals surface area contributed by atoms with Gasteiger partial charge in [0, 0.05) is 17.3 Å². The van der Waals surface area contributed by atoms with E-state index in [0.717, 1.165) is 5.69 Å². The molecule has 3 aromatic rings. The number of hydrogen-bond donors (Lipinski definition) is 0. The van der Waals surface area contributed by atoms with E-state index in [1.807, 2.05) is 6.92 Å². The zero-order valence-corrected chi connectivity index (χ0v) is 13.7. The maximum atomic E-state index is 12.8. The average molecular weight is 345 g/mol. The third-order valence-corrected chi connectivity index (χ3v) is 4.14. The summed E-state index contributed by atoms with van der Waals surface area (Å²) in [6, 6.07) is 6.72. The first kappa shape index (κ1) is 16.1. The standard InChI is InChI=1S/C16H13ClN4O3/c1-3-10-6-7-11-13(17)14(21(23)24)16(22)20(15(11)19-10)12-5-4-8-18-9(12)2/h4-8H,3H2,1-2H3. The predicted octanol–water partition coefficient (Wildman–Crippen LogP) is 3.21. The Labute approximate surface area is 141 Å². The quantitative estimate of drug-likeness (QED) is 0.537. The Balaban J connectivity index is 2.57. The minimum absolute atomic E-state index is 0.201. The Kier molecular flexibility index (Phi) is 4.02. The van der Waals surface area contributed by atoms with Crippen LogP contribution in [-0.4, -0.2) is 19.5 Å².